The summed E-state index contributed by atoms with van der Waals surface area (Å²) in [7, 11) is -4.07. The Morgan fingerprint density at radius 3 is 2.86 bits per heavy atom. The summed E-state index contributed by atoms with van der Waals surface area (Å²) in [5.74, 6) is 0.601. The highest BCUT2D eigenvalue weighted by Crippen LogP contribution is 2.41. The molecule has 0 radical (unpaired) electrons. The average Bonchev–Trinajstić information content (AvgIpc) is 3.57. The molecule has 0 spiro atoms. The summed E-state index contributed by atoms with van der Waals surface area (Å²) in [6.45, 7) is 8.43. The third kappa shape index (κ3) is 5.98. The van der Waals surface area contributed by atoms with Crippen LogP contribution in [0.15, 0.2) is 58.3 Å². The molecule has 0 unspecified atom stereocenters. The predicted molar refractivity (Wildman–Crippen MR) is 160 cm³/mol. The zero-order valence-electron chi connectivity index (χ0n) is 24.3. The van der Waals surface area contributed by atoms with E-state index in [0.717, 1.165) is 40.5 Å². The summed E-state index contributed by atoms with van der Waals surface area (Å²) in [5, 5.41) is 12.5. The normalized spacial score (nSPS) is 13.5. The van der Waals surface area contributed by atoms with E-state index in [2.05, 4.69) is 25.3 Å². The third-order valence-electron chi connectivity index (χ3n) is 6.92. The SMILES string of the molecule is Cc1cc(S(=O)(=O)Nc2noc3cc(Cn4cc(CNC(=O)OC(C)(C)C)cn4)c4c(c23)OCCC4)c2ncccc2c1. The fourth-order valence-corrected chi connectivity index (χ4v) is 6.44. The number of alkyl carbamates (subject to hydrolysis) is 1. The second-order valence-corrected chi connectivity index (χ2v) is 13.2. The number of pyridine rings is 1. The number of ether oxygens (including phenoxy) is 2. The molecule has 5 aromatic rings. The molecule has 3 aromatic heterocycles. The number of aromatic nitrogens is 4. The van der Waals surface area contributed by atoms with E-state index in [9.17, 15) is 13.2 Å². The number of carbonyl (C=O) groups excluding carboxylic acids is 1. The van der Waals surface area contributed by atoms with Gasteiger partial charge >= 0.3 is 6.09 Å². The number of anilines is 1. The van der Waals surface area contributed by atoms with Gasteiger partial charge in [-0.25, -0.2) is 13.2 Å². The molecule has 13 heteroatoms. The maximum atomic E-state index is 13.6. The number of hydrogen-bond donors (Lipinski definition) is 2. The summed E-state index contributed by atoms with van der Waals surface area (Å²) in [5.41, 5.74) is 3.63. The average molecular weight is 605 g/mol. The Bertz CT molecular complexity index is 1960. The first-order chi connectivity index (χ1) is 20.5. The van der Waals surface area contributed by atoms with Gasteiger partial charge in [-0.15, -0.1) is 0 Å². The van der Waals surface area contributed by atoms with Crippen LogP contribution in [-0.2, 0) is 34.3 Å². The monoisotopic (exact) mass is 604 g/mol. The molecule has 4 heterocycles. The van der Waals surface area contributed by atoms with Crippen molar-refractivity contribution in [3.8, 4) is 5.75 Å². The first kappa shape index (κ1) is 28.5. The van der Waals surface area contributed by atoms with E-state index in [1.54, 1.807) is 29.2 Å². The number of benzene rings is 2. The molecule has 1 aliphatic rings. The van der Waals surface area contributed by atoms with Crippen molar-refractivity contribution in [2.45, 2.75) is 64.1 Å². The Kier molecular flexibility index (Phi) is 7.20. The molecular formula is C30H32N6O6S. The number of fused-ring (bicyclic) bond motifs is 4. The summed E-state index contributed by atoms with van der Waals surface area (Å²) in [6.07, 6.45) is 6.14. The maximum Gasteiger partial charge on any atom is 0.407 e. The Labute approximate surface area is 248 Å². The Balaban J connectivity index is 1.28. The predicted octanol–water partition coefficient (Wildman–Crippen LogP) is 5.08. The number of carbonyl (C=O) groups is 1. The maximum absolute atomic E-state index is 13.6. The van der Waals surface area contributed by atoms with E-state index < -0.39 is 21.7 Å². The van der Waals surface area contributed by atoms with Crippen LogP contribution in [0.1, 0.15) is 49.4 Å². The second kappa shape index (κ2) is 10.9. The molecule has 0 fully saturated rings. The number of amides is 1. The van der Waals surface area contributed by atoms with Gasteiger partial charge in [-0.2, -0.15) is 5.10 Å². The van der Waals surface area contributed by atoms with E-state index in [4.69, 9.17) is 14.0 Å². The minimum Gasteiger partial charge on any atom is -0.492 e. The van der Waals surface area contributed by atoms with Gasteiger partial charge in [0.2, 0.25) is 0 Å². The summed E-state index contributed by atoms with van der Waals surface area (Å²) >= 11 is 0. The van der Waals surface area contributed by atoms with Crippen molar-refractivity contribution < 1.29 is 27.2 Å². The summed E-state index contributed by atoms with van der Waals surface area (Å²) in [6, 6.07) is 8.91. The van der Waals surface area contributed by atoms with Gasteiger partial charge in [0.25, 0.3) is 10.0 Å². The quantitative estimate of drug-likeness (QED) is 0.259. The summed E-state index contributed by atoms with van der Waals surface area (Å²) in [4.78, 5) is 16.4. The molecule has 12 nitrogen and oxygen atoms in total. The molecule has 2 aromatic carbocycles. The molecule has 43 heavy (non-hydrogen) atoms. The lowest BCUT2D eigenvalue weighted by Crippen LogP contribution is -2.32. The highest BCUT2D eigenvalue weighted by molar-refractivity contribution is 7.93. The molecule has 0 atom stereocenters. The zero-order chi connectivity index (χ0) is 30.4. The molecule has 224 valence electrons. The van der Waals surface area contributed by atoms with Crippen LogP contribution in [0.4, 0.5) is 10.6 Å². The number of sulfonamides is 1. The van der Waals surface area contributed by atoms with E-state index >= 15 is 0 Å². The van der Waals surface area contributed by atoms with Crippen molar-refractivity contribution in [2.24, 2.45) is 0 Å². The van der Waals surface area contributed by atoms with Crippen molar-refractivity contribution in [1.29, 1.82) is 0 Å². The fraction of sp³-hybridized carbons (Fsp3) is 0.333. The number of nitrogens with one attached hydrogen (secondary N) is 2. The van der Waals surface area contributed by atoms with Gasteiger partial charge in [-0.05, 0) is 75.9 Å². The van der Waals surface area contributed by atoms with Crippen molar-refractivity contribution in [3.63, 3.8) is 0 Å². The molecule has 1 amide bonds. The van der Waals surface area contributed by atoms with Gasteiger partial charge in [-0.1, -0.05) is 11.2 Å². The third-order valence-corrected chi connectivity index (χ3v) is 8.27. The lowest BCUT2D eigenvalue weighted by molar-refractivity contribution is 0.0523. The van der Waals surface area contributed by atoms with Crippen LogP contribution in [0.25, 0.3) is 21.9 Å². The number of rotatable bonds is 7. The molecule has 0 saturated carbocycles. The van der Waals surface area contributed by atoms with Crippen LogP contribution < -0.4 is 14.8 Å². The van der Waals surface area contributed by atoms with E-state index in [0.29, 0.717) is 35.4 Å². The Morgan fingerprint density at radius 2 is 2.05 bits per heavy atom. The van der Waals surface area contributed by atoms with Crippen molar-refractivity contribution in [1.82, 2.24) is 25.2 Å². The number of hydrogen-bond acceptors (Lipinski definition) is 9. The van der Waals surface area contributed by atoms with Crippen molar-refractivity contribution >= 4 is 43.8 Å². The van der Waals surface area contributed by atoms with Gasteiger partial charge in [0.1, 0.15) is 21.6 Å². The first-order valence-electron chi connectivity index (χ1n) is 13.9. The smallest absolute Gasteiger partial charge is 0.407 e. The Hall–Kier alpha value is -4.65. The molecule has 2 N–H and O–H groups in total. The lowest BCUT2D eigenvalue weighted by Gasteiger charge is -2.21. The van der Waals surface area contributed by atoms with Crippen LogP contribution in [0.3, 0.4) is 0 Å². The molecule has 0 aliphatic carbocycles. The standard InChI is InChI=1S/C30H32N6O6S/c1-18-11-20-7-5-9-31-26(20)24(12-18)43(38,39)35-28-25-23(42-34-28)13-21(22-8-6-10-40-27(22)25)17-36-16-19(15-33-36)14-32-29(37)41-30(2,3)4/h5,7,9,11-13,15-16H,6,8,10,14,17H2,1-4H3,(H,32,37)(H,34,35). The lowest BCUT2D eigenvalue weighted by atomic mass is 9.97. The van der Waals surface area contributed by atoms with Crippen molar-refractivity contribution in [3.05, 3.63) is 71.2 Å². The topological polar surface area (TPSA) is 150 Å². The highest BCUT2D eigenvalue weighted by atomic mass is 32.2. The van der Waals surface area contributed by atoms with Gasteiger partial charge in [0, 0.05) is 35.5 Å². The van der Waals surface area contributed by atoms with Gasteiger partial charge in [0.15, 0.2) is 11.4 Å². The second-order valence-electron chi connectivity index (χ2n) is 11.5. The highest BCUT2D eigenvalue weighted by Gasteiger charge is 2.28. The number of aryl methyl sites for hydroxylation is 1. The Morgan fingerprint density at radius 1 is 1.21 bits per heavy atom. The minimum absolute atomic E-state index is 0.0554. The molecule has 0 saturated heterocycles. The van der Waals surface area contributed by atoms with Crippen LogP contribution in [-0.4, -0.2) is 46.6 Å². The summed E-state index contributed by atoms with van der Waals surface area (Å²) < 4.78 is 48.7. The molecule has 1 aliphatic heterocycles. The molecule has 6 rings (SSSR count). The largest absolute Gasteiger partial charge is 0.492 e. The molecular weight excluding hydrogens is 572 g/mol. The van der Waals surface area contributed by atoms with Gasteiger partial charge in [-0.3, -0.25) is 14.4 Å². The van der Waals surface area contributed by atoms with Gasteiger partial charge in [0.05, 0.1) is 24.9 Å². The minimum atomic E-state index is -4.07. The first-order valence-corrected chi connectivity index (χ1v) is 15.4. The van der Waals surface area contributed by atoms with Crippen LogP contribution in [0.2, 0.25) is 0 Å². The number of nitrogens with zero attached hydrogens (tertiary/aromatic N) is 4. The van der Waals surface area contributed by atoms with E-state index in [1.807, 2.05) is 52.1 Å². The molecule has 0 bridgehead atoms. The van der Waals surface area contributed by atoms with Crippen LogP contribution >= 0.6 is 0 Å². The van der Waals surface area contributed by atoms with Crippen LogP contribution in [0.5, 0.6) is 5.75 Å². The zero-order valence-corrected chi connectivity index (χ0v) is 25.1. The van der Waals surface area contributed by atoms with Gasteiger partial charge < -0.3 is 19.3 Å². The van der Waals surface area contributed by atoms with Crippen LogP contribution in [0, 0.1) is 6.92 Å². The van der Waals surface area contributed by atoms with Crippen molar-refractivity contribution in [2.75, 3.05) is 11.3 Å². The fourth-order valence-electron chi connectivity index (χ4n) is 5.17. The van der Waals surface area contributed by atoms with E-state index in [-0.39, 0.29) is 17.3 Å². The van der Waals surface area contributed by atoms with E-state index in [1.165, 1.54) is 0 Å².